The Bertz CT molecular complexity index is 607. The van der Waals surface area contributed by atoms with Crippen molar-refractivity contribution >= 4 is 0 Å². The van der Waals surface area contributed by atoms with Crippen molar-refractivity contribution in [2.45, 2.75) is 51.6 Å². The van der Waals surface area contributed by atoms with E-state index in [1.807, 2.05) is 0 Å². The van der Waals surface area contributed by atoms with E-state index >= 15 is 0 Å². The average Bonchev–Trinajstić information content (AvgIpc) is 2.87. The van der Waals surface area contributed by atoms with Crippen molar-refractivity contribution in [3.63, 3.8) is 0 Å². The van der Waals surface area contributed by atoms with E-state index in [1.54, 1.807) is 0 Å². The van der Waals surface area contributed by atoms with Crippen LogP contribution in [0.2, 0.25) is 0 Å². The number of hydrogen-bond acceptors (Lipinski definition) is 1. The van der Waals surface area contributed by atoms with Gasteiger partial charge in [-0.25, -0.2) is 0 Å². The highest BCUT2D eigenvalue weighted by atomic mass is 14.9. The molecule has 3 rings (SSSR count). The van der Waals surface area contributed by atoms with E-state index in [-0.39, 0.29) is 5.41 Å². The first kappa shape index (κ1) is 14.3. The molecular formula is C20H25N. The number of rotatable bonds is 3. The van der Waals surface area contributed by atoms with E-state index in [0.717, 1.165) is 6.54 Å². The van der Waals surface area contributed by atoms with Crippen LogP contribution in [0.5, 0.6) is 0 Å². The Morgan fingerprint density at radius 2 is 1.81 bits per heavy atom. The van der Waals surface area contributed by atoms with Crippen molar-refractivity contribution in [1.82, 2.24) is 5.32 Å². The van der Waals surface area contributed by atoms with Gasteiger partial charge in [-0.15, -0.1) is 0 Å². The Balaban J connectivity index is 1.72. The van der Waals surface area contributed by atoms with Gasteiger partial charge in [-0.05, 0) is 40.5 Å². The van der Waals surface area contributed by atoms with E-state index in [9.17, 15) is 0 Å². The molecule has 0 saturated heterocycles. The van der Waals surface area contributed by atoms with Crippen LogP contribution in [-0.2, 0) is 18.4 Å². The second kappa shape index (κ2) is 5.65. The molecule has 110 valence electrons. The van der Waals surface area contributed by atoms with Gasteiger partial charge < -0.3 is 5.32 Å². The van der Waals surface area contributed by atoms with Gasteiger partial charge in [0.15, 0.2) is 0 Å². The van der Waals surface area contributed by atoms with Crippen molar-refractivity contribution in [2.24, 2.45) is 0 Å². The van der Waals surface area contributed by atoms with Gasteiger partial charge in [0, 0.05) is 12.6 Å². The molecule has 1 unspecified atom stereocenters. The first-order chi connectivity index (χ1) is 10.0. The average molecular weight is 279 g/mol. The summed E-state index contributed by atoms with van der Waals surface area (Å²) in [5, 5.41) is 3.71. The molecule has 1 nitrogen and oxygen atoms in total. The van der Waals surface area contributed by atoms with Gasteiger partial charge in [0.05, 0.1) is 0 Å². The van der Waals surface area contributed by atoms with Crippen molar-refractivity contribution in [1.29, 1.82) is 0 Å². The van der Waals surface area contributed by atoms with Crippen LogP contribution in [-0.4, -0.2) is 0 Å². The second-order valence-corrected chi connectivity index (χ2v) is 7.12. The van der Waals surface area contributed by atoms with Crippen LogP contribution in [0.3, 0.4) is 0 Å². The number of aryl methyl sites for hydroxylation is 1. The van der Waals surface area contributed by atoms with Gasteiger partial charge >= 0.3 is 0 Å². The summed E-state index contributed by atoms with van der Waals surface area (Å²) in [4.78, 5) is 0. The molecule has 1 atom stereocenters. The Morgan fingerprint density at radius 1 is 1.05 bits per heavy atom. The Kier molecular flexibility index (Phi) is 3.86. The zero-order valence-corrected chi connectivity index (χ0v) is 13.3. The van der Waals surface area contributed by atoms with Crippen molar-refractivity contribution in [3.8, 4) is 0 Å². The molecule has 0 fully saturated rings. The summed E-state index contributed by atoms with van der Waals surface area (Å²) in [7, 11) is 0. The minimum absolute atomic E-state index is 0.241. The molecule has 21 heavy (non-hydrogen) atoms. The maximum absolute atomic E-state index is 3.71. The lowest BCUT2D eigenvalue weighted by Crippen LogP contribution is -2.19. The summed E-state index contributed by atoms with van der Waals surface area (Å²) in [5.74, 6) is 0. The molecule has 0 amide bonds. The largest absolute Gasteiger partial charge is 0.306 e. The van der Waals surface area contributed by atoms with E-state index < -0.39 is 0 Å². The molecule has 2 aromatic carbocycles. The Hall–Kier alpha value is -1.60. The summed E-state index contributed by atoms with van der Waals surface area (Å²) >= 11 is 0. The lowest BCUT2D eigenvalue weighted by molar-refractivity contribution is 0.530. The zero-order chi connectivity index (χ0) is 14.9. The molecule has 0 radical (unpaired) electrons. The normalized spacial score (nSPS) is 17.8. The number of hydrogen-bond donors (Lipinski definition) is 1. The standard InChI is InChI=1S/C20H25N/c1-20(2,3)17-10-11-18-16(13-17)9-12-19(18)21-14-15-7-5-4-6-8-15/h4-8,10-11,13,19,21H,9,12,14H2,1-3H3. The number of nitrogens with one attached hydrogen (secondary N) is 1. The van der Waals surface area contributed by atoms with Gasteiger partial charge in [-0.2, -0.15) is 0 Å². The summed E-state index contributed by atoms with van der Waals surface area (Å²) in [5.41, 5.74) is 6.08. The van der Waals surface area contributed by atoms with E-state index in [1.165, 1.54) is 35.1 Å². The molecule has 0 saturated carbocycles. The van der Waals surface area contributed by atoms with Gasteiger partial charge in [-0.3, -0.25) is 0 Å². The molecule has 1 heteroatoms. The third-order valence-corrected chi connectivity index (χ3v) is 4.48. The number of fused-ring (bicyclic) bond motifs is 1. The molecule has 2 aromatic rings. The lowest BCUT2D eigenvalue weighted by atomic mass is 9.85. The maximum atomic E-state index is 3.71. The third-order valence-electron chi connectivity index (χ3n) is 4.48. The van der Waals surface area contributed by atoms with Crippen LogP contribution < -0.4 is 5.32 Å². The minimum Gasteiger partial charge on any atom is -0.306 e. The molecule has 1 aliphatic rings. The summed E-state index contributed by atoms with van der Waals surface area (Å²) in [6.45, 7) is 7.81. The highest BCUT2D eigenvalue weighted by Crippen LogP contribution is 2.34. The smallest absolute Gasteiger partial charge is 0.0329 e. The van der Waals surface area contributed by atoms with Crippen LogP contribution in [0.4, 0.5) is 0 Å². The molecule has 1 aliphatic carbocycles. The highest BCUT2D eigenvalue weighted by Gasteiger charge is 2.24. The zero-order valence-electron chi connectivity index (χ0n) is 13.3. The minimum atomic E-state index is 0.241. The lowest BCUT2D eigenvalue weighted by Gasteiger charge is -2.21. The predicted molar refractivity (Wildman–Crippen MR) is 89.5 cm³/mol. The Labute approximate surface area is 128 Å². The van der Waals surface area contributed by atoms with Crippen LogP contribution in [0, 0.1) is 0 Å². The molecule has 1 N–H and O–H groups in total. The highest BCUT2D eigenvalue weighted by molar-refractivity contribution is 5.40. The summed E-state index contributed by atoms with van der Waals surface area (Å²) < 4.78 is 0. The predicted octanol–water partition coefficient (Wildman–Crippen LogP) is 4.76. The first-order valence-electron chi connectivity index (χ1n) is 7.94. The fraction of sp³-hybridized carbons (Fsp3) is 0.400. The van der Waals surface area contributed by atoms with Crippen LogP contribution >= 0.6 is 0 Å². The summed E-state index contributed by atoms with van der Waals surface area (Å²) in [6.07, 6.45) is 2.42. The topological polar surface area (TPSA) is 12.0 Å². The quantitative estimate of drug-likeness (QED) is 0.854. The van der Waals surface area contributed by atoms with Crippen LogP contribution in [0.1, 0.15) is 55.5 Å². The number of benzene rings is 2. The van der Waals surface area contributed by atoms with E-state index in [2.05, 4.69) is 74.6 Å². The molecule has 0 aromatic heterocycles. The van der Waals surface area contributed by atoms with Crippen molar-refractivity contribution < 1.29 is 0 Å². The molecule has 0 aliphatic heterocycles. The maximum Gasteiger partial charge on any atom is 0.0329 e. The molecular weight excluding hydrogens is 254 g/mol. The summed E-state index contributed by atoms with van der Waals surface area (Å²) in [6, 6.07) is 18.2. The molecule has 0 spiro atoms. The third kappa shape index (κ3) is 3.19. The van der Waals surface area contributed by atoms with Crippen LogP contribution in [0.25, 0.3) is 0 Å². The Morgan fingerprint density at radius 3 is 2.52 bits per heavy atom. The van der Waals surface area contributed by atoms with Crippen LogP contribution in [0.15, 0.2) is 48.5 Å². The first-order valence-corrected chi connectivity index (χ1v) is 7.94. The van der Waals surface area contributed by atoms with E-state index in [4.69, 9.17) is 0 Å². The fourth-order valence-corrected chi connectivity index (χ4v) is 3.13. The molecule has 0 bridgehead atoms. The van der Waals surface area contributed by atoms with Crippen molar-refractivity contribution in [2.75, 3.05) is 0 Å². The second-order valence-electron chi connectivity index (χ2n) is 7.12. The fourth-order valence-electron chi connectivity index (χ4n) is 3.13. The monoisotopic (exact) mass is 279 g/mol. The SMILES string of the molecule is CC(C)(C)c1ccc2c(c1)CCC2NCc1ccccc1. The van der Waals surface area contributed by atoms with Crippen molar-refractivity contribution in [3.05, 3.63) is 70.8 Å². The van der Waals surface area contributed by atoms with Gasteiger partial charge in [0.25, 0.3) is 0 Å². The van der Waals surface area contributed by atoms with E-state index in [0.29, 0.717) is 6.04 Å². The van der Waals surface area contributed by atoms with Gasteiger partial charge in [0.2, 0.25) is 0 Å². The van der Waals surface area contributed by atoms with Gasteiger partial charge in [0.1, 0.15) is 0 Å². The van der Waals surface area contributed by atoms with Gasteiger partial charge in [-0.1, -0.05) is 69.3 Å². The molecule has 0 heterocycles.